The predicted molar refractivity (Wildman–Crippen MR) is 92.9 cm³/mol. The van der Waals surface area contributed by atoms with Gasteiger partial charge in [0.05, 0.1) is 0 Å². The molecular formula is C20H24N2O3. The molecule has 0 spiro atoms. The quantitative estimate of drug-likeness (QED) is 0.504. The molecule has 0 aliphatic heterocycles. The van der Waals surface area contributed by atoms with Gasteiger partial charge in [-0.25, -0.2) is 4.79 Å². The van der Waals surface area contributed by atoms with E-state index in [1.54, 1.807) is 0 Å². The minimum absolute atomic E-state index is 0.0225. The van der Waals surface area contributed by atoms with Crippen molar-refractivity contribution in [3.63, 3.8) is 0 Å². The molecule has 0 radical (unpaired) electrons. The zero-order valence-corrected chi connectivity index (χ0v) is 14.3. The van der Waals surface area contributed by atoms with Crippen LogP contribution >= 0.6 is 0 Å². The molecule has 5 rings (SSSR count). The van der Waals surface area contributed by atoms with Crippen LogP contribution in [0.25, 0.3) is 0 Å². The molecule has 0 aromatic heterocycles. The van der Waals surface area contributed by atoms with E-state index in [2.05, 4.69) is 11.8 Å². The summed E-state index contributed by atoms with van der Waals surface area (Å²) in [6, 6.07) is 6.85. The highest BCUT2D eigenvalue weighted by molar-refractivity contribution is 5.70. The fourth-order valence-electron chi connectivity index (χ4n) is 5.34. The highest BCUT2D eigenvalue weighted by atomic mass is 16.5. The third-order valence-corrected chi connectivity index (χ3v) is 5.87. The number of ether oxygens (including phenoxy) is 1. The van der Waals surface area contributed by atoms with E-state index in [1.807, 2.05) is 24.3 Å². The highest BCUT2D eigenvalue weighted by Crippen LogP contribution is 2.57. The molecule has 0 unspecified atom stereocenters. The topological polar surface area (TPSA) is 75.8 Å². The summed E-state index contributed by atoms with van der Waals surface area (Å²) in [5.74, 6) is 9.08. The number of urea groups is 1. The molecule has 25 heavy (non-hydrogen) atoms. The van der Waals surface area contributed by atoms with E-state index in [0.29, 0.717) is 5.06 Å². The average Bonchev–Trinajstić information content (AvgIpc) is 2.53. The maximum atomic E-state index is 10.8. The number of benzene rings is 1. The van der Waals surface area contributed by atoms with Gasteiger partial charge in [0.15, 0.2) is 0 Å². The van der Waals surface area contributed by atoms with Gasteiger partial charge in [0.25, 0.3) is 0 Å². The van der Waals surface area contributed by atoms with Gasteiger partial charge in [0.2, 0.25) is 0 Å². The molecule has 0 atom stereocenters. The fourth-order valence-corrected chi connectivity index (χ4v) is 5.34. The second-order valence-electron chi connectivity index (χ2n) is 7.93. The monoisotopic (exact) mass is 340 g/mol. The van der Waals surface area contributed by atoms with Crippen LogP contribution in [0.3, 0.4) is 0 Å². The van der Waals surface area contributed by atoms with Gasteiger partial charge in [-0.2, -0.15) is 5.06 Å². The number of hydrogen-bond donors (Lipinski definition) is 2. The number of rotatable bonds is 3. The van der Waals surface area contributed by atoms with Crippen molar-refractivity contribution < 1.29 is 14.7 Å². The maximum absolute atomic E-state index is 10.8. The molecule has 2 amide bonds. The molecular weight excluding hydrogens is 316 g/mol. The average molecular weight is 340 g/mol. The van der Waals surface area contributed by atoms with Gasteiger partial charge in [-0.1, -0.05) is 17.9 Å². The minimum atomic E-state index is -0.909. The van der Waals surface area contributed by atoms with Gasteiger partial charge < -0.3 is 10.5 Å². The molecule has 4 fully saturated rings. The Bertz CT molecular complexity index is 699. The predicted octanol–water partition coefficient (Wildman–Crippen LogP) is 3.16. The first-order chi connectivity index (χ1) is 12.0. The second kappa shape index (κ2) is 6.27. The number of nitrogens with zero attached hydrogens (tertiary/aromatic N) is 1. The molecule has 4 saturated carbocycles. The molecule has 5 nitrogen and oxygen atoms in total. The summed E-state index contributed by atoms with van der Waals surface area (Å²) in [5, 5.41) is 9.62. The summed E-state index contributed by atoms with van der Waals surface area (Å²) in [5.41, 5.74) is 5.78. The lowest BCUT2D eigenvalue weighted by molar-refractivity contribution is -0.107. The highest BCUT2D eigenvalue weighted by Gasteiger charge is 2.52. The Hall–Kier alpha value is -2.19. The largest absolute Gasteiger partial charge is 0.487 e. The second-order valence-corrected chi connectivity index (χ2v) is 7.93. The molecule has 1 aromatic rings. The molecule has 0 saturated heterocycles. The van der Waals surface area contributed by atoms with Crippen LogP contribution in [0.2, 0.25) is 0 Å². The third kappa shape index (κ3) is 3.45. The van der Waals surface area contributed by atoms with Crippen LogP contribution in [0.5, 0.6) is 5.75 Å². The van der Waals surface area contributed by atoms with Gasteiger partial charge in [-0.3, -0.25) is 5.21 Å². The van der Waals surface area contributed by atoms with Crippen molar-refractivity contribution in [1.29, 1.82) is 0 Å². The van der Waals surface area contributed by atoms with E-state index < -0.39 is 6.03 Å². The number of hydrogen-bond acceptors (Lipinski definition) is 3. The van der Waals surface area contributed by atoms with E-state index >= 15 is 0 Å². The van der Waals surface area contributed by atoms with Crippen molar-refractivity contribution in [1.82, 2.24) is 5.06 Å². The smallest absolute Gasteiger partial charge is 0.339 e. The Labute approximate surface area is 148 Å². The lowest BCUT2D eigenvalue weighted by Crippen LogP contribution is -2.53. The Morgan fingerprint density at radius 3 is 2.48 bits per heavy atom. The third-order valence-electron chi connectivity index (χ3n) is 5.87. The normalized spacial score (nSPS) is 32.0. The lowest BCUT2D eigenvalue weighted by Gasteiger charge is -2.56. The van der Waals surface area contributed by atoms with E-state index in [9.17, 15) is 10.0 Å². The van der Waals surface area contributed by atoms with Crippen molar-refractivity contribution in [3.8, 4) is 17.6 Å². The molecule has 1 aromatic carbocycles. The summed E-state index contributed by atoms with van der Waals surface area (Å²) in [6.45, 7) is -0.116. The molecule has 132 valence electrons. The molecule has 3 N–H and O–H groups in total. The first-order valence-corrected chi connectivity index (χ1v) is 9.05. The molecule has 5 heteroatoms. The van der Waals surface area contributed by atoms with Crippen LogP contribution in [-0.2, 0) is 0 Å². The summed E-state index contributed by atoms with van der Waals surface area (Å²) in [4.78, 5) is 10.8. The van der Waals surface area contributed by atoms with Crippen LogP contribution in [0.1, 0.15) is 44.1 Å². The Morgan fingerprint density at radius 1 is 1.24 bits per heavy atom. The fraction of sp³-hybridized carbons (Fsp3) is 0.550. The Kier molecular flexibility index (Phi) is 4.09. The van der Waals surface area contributed by atoms with Crippen LogP contribution in [0.4, 0.5) is 4.79 Å². The first kappa shape index (κ1) is 16.3. The Morgan fingerprint density at radius 2 is 1.88 bits per heavy atom. The summed E-state index contributed by atoms with van der Waals surface area (Å²) >= 11 is 0. The lowest BCUT2D eigenvalue weighted by atomic mass is 9.54. The van der Waals surface area contributed by atoms with Crippen LogP contribution in [0.15, 0.2) is 24.3 Å². The van der Waals surface area contributed by atoms with E-state index in [-0.39, 0.29) is 12.1 Å². The summed E-state index contributed by atoms with van der Waals surface area (Å²) in [7, 11) is 0. The van der Waals surface area contributed by atoms with Gasteiger partial charge >= 0.3 is 6.03 Å². The summed E-state index contributed by atoms with van der Waals surface area (Å²) < 4.78 is 6.52. The van der Waals surface area contributed by atoms with E-state index in [4.69, 9.17) is 10.5 Å². The maximum Gasteiger partial charge on any atom is 0.339 e. The zero-order valence-electron chi connectivity index (χ0n) is 14.3. The van der Waals surface area contributed by atoms with Crippen molar-refractivity contribution in [2.24, 2.45) is 23.5 Å². The molecule has 4 bridgehead atoms. The van der Waals surface area contributed by atoms with E-state index in [0.717, 1.165) is 29.1 Å². The number of primary amides is 1. The SMILES string of the molecule is NC(=O)N(O)CC#Cc1cccc(OC23CC4CC(CC(C4)C2)C3)c1. The Balaban J connectivity index is 1.45. The number of amides is 2. The van der Waals surface area contributed by atoms with Gasteiger partial charge in [0.1, 0.15) is 17.9 Å². The first-order valence-electron chi connectivity index (χ1n) is 9.05. The van der Waals surface area contributed by atoms with E-state index in [1.165, 1.54) is 38.5 Å². The molecule has 4 aliphatic rings. The van der Waals surface area contributed by atoms with Crippen molar-refractivity contribution in [2.75, 3.05) is 6.54 Å². The van der Waals surface area contributed by atoms with Crippen molar-refractivity contribution in [3.05, 3.63) is 29.8 Å². The van der Waals surface area contributed by atoms with Crippen molar-refractivity contribution in [2.45, 2.75) is 44.1 Å². The standard InChI is InChI=1S/C20H24N2O3/c21-19(23)22(24)6-2-4-14-3-1-5-18(10-14)25-20-11-15-7-16(12-20)9-17(8-15)13-20/h1,3,5,10,15-17,24H,6-9,11-13H2,(H2,21,23). The number of carbonyl (C=O) groups is 1. The molecule has 0 heterocycles. The molecule has 4 aliphatic carbocycles. The summed E-state index contributed by atoms with van der Waals surface area (Å²) in [6.07, 6.45) is 7.75. The van der Waals surface area contributed by atoms with Crippen molar-refractivity contribution >= 4 is 6.03 Å². The number of nitrogens with two attached hydrogens (primary N) is 1. The van der Waals surface area contributed by atoms with Crippen LogP contribution in [0, 0.1) is 29.6 Å². The zero-order chi connectivity index (χ0) is 17.4. The minimum Gasteiger partial charge on any atom is -0.487 e. The van der Waals surface area contributed by atoms with Gasteiger partial charge in [0, 0.05) is 5.56 Å². The number of hydroxylamine groups is 2. The van der Waals surface area contributed by atoms with Gasteiger partial charge in [-0.05, 0) is 74.5 Å². The number of carbonyl (C=O) groups excluding carboxylic acids is 1. The van der Waals surface area contributed by atoms with Crippen LogP contribution < -0.4 is 10.5 Å². The van der Waals surface area contributed by atoms with Crippen LogP contribution in [-0.4, -0.2) is 28.4 Å². The van der Waals surface area contributed by atoms with Gasteiger partial charge in [-0.15, -0.1) is 0 Å².